The second-order valence-electron chi connectivity index (χ2n) is 16.0. The molecule has 5 atom stereocenters. The number of hydrogen-bond donors (Lipinski definition) is 1. The highest BCUT2D eigenvalue weighted by Crippen LogP contribution is 2.57. The van der Waals surface area contributed by atoms with Gasteiger partial charge in [0.2, 0.25) is 21.8 Å². The topological polar surface area (TPSA) is 154 Å². The SMILES string of the molecule is Cn1cnc2cc(O[C@@H]3C[C@H]4C(=O)C[C@]5(C(=O)NS(=O)(=O)C6(C)CC6)C[C@H]5/C=C\CCCCC[C@H](CC(=O)OC(C)(C)C)C(=O)N4C3)ccc21. The number of imidazole rings is 1. The number of aryl methyl sites for hydroxylation is 1. The van der Waals surface area contributed by atoms with Crippen molar-refractivity contribution in [2.75, 3.05) is 6.54 Å². The van der Waals surface area contributed by atoms with Crippen molar-refractivity contribution in [3.8, 4) is 5.75 Å². The molecule has 2 amide bonds. The molecule has 4 aliphatic rings. The number of rotatable bonds is 7. The van der Waals surface area contributed by atoms with Crippen LogP contribution in [0.15, 0.2) is 36.7 Å². The molecule has 50 heavy (non-hydrogen) atoms. The zero-order valence-electron chi connectivity index (χ0n) is 29.8. The van der Waals surface area contributed by atoms with Crippen molar-refractivity contribution < 1.29 is 37.1 Å². The average Bonchev–Trinajstić information content (AvgIpc) is 3.85. The number of hydrogen-bond acceptors (Lipinski definition) is 9. The Bertz CT molecular complexity index is 1810. The molecule has 0 radical (unpaired) electrons. The van der Waals surface area contributed by atoms with Gasteiger partial charge in [0.15, 0.2) is 5.78 Å². The van der Waals surface area contributed by atoms with Gasteiger partial charge in [-0.25, -0.2) is 13.4 Å². The Morgan fingerprint density at radius 3 is 2.60 bits per heavy atom. The molecule has 1 aromatic carbocycles. The first-order valence-corrected chi connectivity index (χ1v) is 19.3. The van der Waals surface area contributed by atoms with E-state index in [9.17, 15) is 27.6 Å². The summed E-state index contributed by atoms with van der Waals surface area (Å²) in [5, 5.41) is 0. The Labute approximate surface area is 294 Å². The molecule has 2 aromatic rings. The van der Waals surface area contributed by atoms with E-state index in [0.717, 1.165) is 36.7 Å². The number of nitrogens with one attached hydrogen (secondary N) is 1. The lowest BCUT2D eigenvalue weighted by molar-refractivity contribution is -0.159. The van der Waals surface area contributed by atoms with Crippen LogP contribution in [-0.2, 0) is 41.0 Å². The van der Waals surface area contributed by atoms with Crippen LogP contribution in [0.2, 0.25) is 0 Å². The number of Topliss-reactive ketones (excluding diaryl/α,β-unsaturated/α-hetero) is 1. The first kappa shape index (κ1) is 36.1. The van der Waals surface area contributed by atoms with E-state index < -0.39 is 55.7 Å². The Hall–Kier alpha value is -3.74. The lowest BCUT2D eigenvalue weighted by Crippen LogP contribution is -2.47. The maximum absolute atomic E-state index is 14.4. The highest BCUT2D eigenvalue weighted by Gasteiger charge is 2.62. The van der Waals surface area contributed by atoms with Gasteiger partial charge in [0.05, 0.1) is 46.5 Å². The van der Waals surface area contributed by atoms with Crippen molar-refractivity contribution in [2.24, 2.45) is 24.3 Å². The van der Waals surface area contributed by atoms with Gasteiger partial charge in [-0.15, -0.1) is 0 Å². The molecule has 12 nitrogen and oxygen atoms in total. The number of allylic oxidation sites excluding steroid dienone is 2. The predicted octanol–water partition coefficient (Wildman–Crippen LogP) is 4.75. The maximum Gasteiger partial charge on any atom is 0.307 e. The molecule has 272 valence electrons. The smallest absolute Gasteiger partial charge is 0.307 e. The Morgan fingerprint density at radius 2 is 1.88 bits per heavy atom. The van der Waals surface area contributed by atoms with Crippen LogP contribution in [0, 0.1) is 17.3 Å². The van der Waals surface area contributed by atoms with Gasteiger partial charge in [0.25, 0.3) is 0 Å². The van der Waals surface area contributed by atoms with E-state index in [0.29, 0.717) is 31.4 Å². The molecule has 1 N–H and O–H groups in total. The maximum atomic E-state index is 14.4. The minimum Gasteiger partial charge on any atom is -0.488 e. The summed E-state index contributed by atoms with van der Waals surface area (Å²) in [6.07, 6.45) is 9.92. The molecule has 0 unspecified atom stereocenters. The van der Waals surface area contributed by atoms with Gasteiger partial charge in [0, 0.05) is 31.9 Å². The molecule has 3 heterocycles. The largest absolute Gasteiger partial charge is 0.488 e. The van der Waals surface area contributed by atoms with E-state index in [1.165, 1.54) is 4.90 Å². The Balaban J connectivity index is 1.29. The van der Waals surface area contributed by atoms with Crippen molar-refractivity contribution in [3.05, 3.63) is 36.7 Å². The summed E-state index contributed by atoms with van der Waals surface area (Å²) in [5.74, 6) is -2.21. The molecule has 1 saturated heterocycles. The molecule has 2 aliphatic heterocycles. The predicted molar refractivity (Wildman–Crippen MR) is 186 cm³/mol. The number of ketones is 1. The quantitative estimate of drug-likeness (QED) is 0.317. The number of carbonyl (C=O) groups excluding carboxylic acids is 4. The third-order valence-electron chi connectivity index (χ3n) is 10.8. The van der Waals surface area contributed by atoms with Crippen LogP contribution >= 0.6 is 0 Å². The number of aromatic nitrogens is 2. The molecule has 0 spiro atoms. The number of benzene rings is 1. The summed E-state index contributed by atoms with van der Waals surface area (Å²) >= 11 is 0. The van der Waals surface area contributed by atoms with Gasteiger partial charge in [-0.2, -0.15) is 0 Å². The zero-order chi connectivity index (χ0) is 36.1. The van der Waals surface area contributed by atoms with Crippen LogP contribution in [0.5, 0.6) is 5.75 Å². The van der Waals surface area contributed by atoms with Crippen LogP contribution in [0.25, 0.3) is 11.0 Å². The number of sulfonamides is 1. The van der Waals surface area contributed by atoms with Gasteiger partial charge < -0.3 is 18.9 Å². The number of amides is 2. The van der Waals surface area contributed by atoms with Gasteiger partial charge >= 0.3 is 5.97 Å². The Kier molecular flexibility index (Phi) is 9.68. The minimum atomic E-state index is -3.92. The Morgan fingerprint density at radius 1 is 1.12 bits per heavy atom. The van der Waals surface area contributed by atoms with Crippen molar-refractivity contribution in [1.29, 1.82) is 0 Å². The molecule has 13 heteroatoms. The summed E-state index contributed by atoms with van der Waals surface area (Å²) in [7, 11) is -2.02. The van der Waals surface area contributed by atoms with E-state index in [2.05, 4.69) is 9.71 Å². The molecular weight excluding hydrogens is 660 g/mol. The third kappa shape index (κ3) is 7.62. The van der Waals surface area contributed by atoms with Crippen LogP contribution in [0.3, 0.4) is 0 Å². The fourth-order valence-corrected chi connectivity index (χ4v) is 8.72. The first-order chi connectivity index (χ1) is 23.5. The van der Waals surface area contributed by atoms with Crippen molar-refractivity contribution in [2.45, 2.75) is 121 Å². The van der Waals surface area contributed by atoms with E-state index in [1.807, 2.05) is 42.0 Å². The highest BCUT2D eigenvalue weighted by molar-refractivity contribution is 7.91. The van der Waals surface area contributed by atoms with Crippen LogP contribution in [0.4, 0.5) is 0 Å². The normalized spacial score (nSPS) is 29.3. The monoisotopic (exact) mass is 710 g/mol. The lowest BCUT2D eigenvalue weighted by atomic mass is 9.90. The van der Waals surface area contributed by atoms with Crippen LogP contribution < -0.4 is 9.46 Å². The van der Waals surface area contributed by atoms with Gasteiger partial charge in [-0.05, 0) is 84.3 Å². The fourth-order valence-electron chi connectivity index (χ4n) is 7.39. The molecular formula is C37H50N4O8S. The van der Waals surface area contributed by atoms with Crippen molar-refractivity contribution >= 4 is 44.6 Å². The van der Waals surface area contributed by atoms with E-state index in [1.54, 1.807) is 34.0 Å². The number of fused-ring (bicyclic) bond motifs is 3. The highest BCUT2D eigenvalue weighted by atomic mass is 32.2. The molecule has 2 aliphatic carbocycles. The number of esters is 1. The van der Waals surface area contributed by atoms with Gasteiger partial charge in [0.1, 0.15) is 17.5 Å². The molecule has 1 aromatic heterocycles. The fraction of sp³-hybridized carbons (Fsp3) is 0.649. The summed E-state index contributed by atoms with van der Waals surface area (Å²) in [6, 6.07) is 4.64. The summed E-state index contributed by atoms with van der Waals surface area (Å²) in [5.41, 5.74) is -0.259. The number of ether oxygens (including phenoxy) is 2. The number of carbonyl (C=O) groups is 4. The summed E-state index contributed by atoms with van der Waals surface area (Å²) < 4.78 is 41.4. The van der Waals surface area contributed by atoms with E-state index in [-0.39, 0.29) is 43.4 Å². The average molecular weight is 711 g/mol. The molecule has 0 bridgehead atoms. The first-order valence-electron chi connectivity index (χ1n) is 17.9. The minimum absolute atomic E-state index is 0.111. The number of nitrogens with zero attached hydrogens (tertiary/aromatic N) is 3. The van der Waals surface area contributed by atoms with Crippen LogP contribution in [-0.4, -0.2) is 75.5 Å². The summed E-state index contributed by atoms with van der Waals surface area (Å²) in [6.45, 7) is 7.08. The second kappa shape index (κ2) is 13.4. The molecule has 6 rings (SSSR count). The van der Waals surface area contributed by atoms with Crippen molar-refractivity contribution in [1.82, 2.24) is 19.2 Å². The second-order valence-corrected chi connectivity index (χ2v) is 18.2. The molecule has 2 saturated carbocycles. The lowest BCUT2D eigenvalue weighted by Gasteiger charge is -2.29. The van der Waals surface area contributed by atoms with Crippen LogP contribution in [0.1, 0.15) is 98.3 Å². The third-order valence-corrected chi connectivity index (χ3v) is 13.0. The molecule has 3 fully saturated rings. The zero-order valence-corrected chi connectivity index (χ0v) is 30.6. The van der Waals surface area contributed by atoms with E-state index in [4.69, 9.17) is 9.47 Å². The van der Waals surface area contributed by atoms with Gasteiger partial charge in [-0.1, -0.05) is 25.0 Å². The van der Waals surface area contributed by atoms with Gasteiger partial charge in [-0.3, -0.25) is 23.9 Å². The van der Waals surface area contributed by atoms with Crippen molar-refractivity contribution in [3.63, 3.8) is 0 Å². The standard InChI is InChI=1S/C37H50N4O8S/c1-35(2,3)49-32(43)17-24-11-9-7-6-8-10-12-25-20-37(25,34(45)39-50(46,47)36(4)15-16-36)21-31(42)30-19-27(22-41(30)33(24)44)48-26-13-14-29-28(18-26)38-23-40(29)5/h10,12-14,18,23-25,27,30H,6-9,11,15-17,19-22H2,1-5H3,(H,39,45)/b12-10-/t24-,25-,27-,30+,37-/m1/s1. The van der Waals surface area contributed by atoms with E-state index >= 15 is 0 Å². The summed E-state index contributed by atoms with van der Waals surface area (Å²) in [4.78, 5) is 61.6.